The smallest absolute Gasteiger partial charge is 0.184 e. The van der Waals surface area contributed by atoms with Gasteiger partial charge in [0.15, 0.2) is 5.11 Å². The van der Waals surface area contributed by atoms with Crippen molar-refractivity contribution in [1.82, 2.24) is 5.43 Å². The van der Waals surface area contributed by atoms with Gasteiger partial charge in [-0.1, -0.05) is 36.8 Å². The number of ether oxygens (including phenoxy) is 3. The van der Waals surface area contributed by atoms with Gasteiger partial charge in [0.05, 0.1) is 31.3 Å². The van der Waals surface area contributed by atoms with Gasteiger partial charge in [-0.2, -0.15) is 5.10 Å². The minimum absolute atomic E-state index is 0.0460. The lowest BCUT2D eigenvalue weighted by Gasteiger charge is -2.55. The average Bonchev–Trinajstić information content (AvgIpc) is 3.16. The van der Waals surface area contributed by atoms with Crippen LogP contribution in [0.3, 0.4) is 0 Å². The molecular weight excluding hydrogens is 458 g/mol. The van der Waals surface area contributed by atoms with Gasteiger partial charge in [0.2, 0.25) is 0 Å². The Kier molecular flexibility index (Phi) is 6.77. The first-order valence-corrected chi connectivity index (χ1v) is 13.1. The fourth-order valence-corrected chi connectivity index (χ4v) is 7.72. The van der Waals surface area contributed by atoms with E-state index in [4.69, 9.17) is 32.2 Å². The van der Waals surface area contributed by atoms with Gasteiger partial charge >= 0.3 is 0 Å². The number of allylic oxidation sites excluding steroid dienone is 2. The fourth-order valence-electron chi connectivity index (χ4n) is 7.66. The highest BCUT2D eigenvalue weighted by molar-refractivity contribution is 7.80. The molecule has 4 aliphatic rings. The Morgan fingerprint density at radius 3 is 2.77 bits per heavy atom. The zero-order valence-corrected chi connectivity index (χ0v) is 21.8. The third kappa shape index (κ3) is 4.11. The minimum Gasteiger partial charge on any atom is -0.501 e. The van der Waals surface area contributed by atoms with Gasteiger partial charge in [-0.05, 0) is 78.4 Å². The molecule has 0 saturated heterocycles. The standard InChI is InChI=1S/C28H37N3O3S/c1-27-14-23(19-6-4-18(5-7-19)15-30-31-26(29)35)25-21-11-13-34-16-20(21)8-9-22(25)24(27)10-12-28(27,33-3)17-32-2/h4-7,15-16,22-24H,8-14,17H2,1-3H3,(H3,29,31,35)/t22?,23-,24?,27+,28-/m1/s1. The van der Waals surface area contributed by atoms with Crippen LogP contribution in [0, 0.1) is 17.3 Å². The van der Waals surface area contributed by atoms with Gasteiger partial charge in [0.1, 0.15) is 0 Å². The number of thiocarbonyl (C=S) groups is 1. The van der Waals surface area contributed by atoms with E-state index >= 15 is 0 Å². The molecule has 0 amide bonds. The normalized spacial score (nSPS) is 34.0. The van der Waals surface area contributed by atoms with Crippen LogP contribution >= 0.6 is 12.2 Å². The van der Waals surface area contributed by atoms with Crippen LogP contribution in [0.4, 0.5) is 0 Å². The molecule has 35 heavy (non-hydrogen) atoms. The molecule has 2 saturated carbocycles. The van der Waals surface area contributed by atoms with Crippen LogP contribution in [-0.4, -0.2) is 44.4 Å². The Hall–Kier alpha value is -2.22. The summed E-state index contributed by atoms with van der Waals surface area (Å²) >= 11 is 4.83. The summed E-state index contributed by atoms with van der Waals surface area (Å²) < 4.78 is 17.9. The first-order valence-electron chi connectivity index (χ1n) is 12.7. The first-order chi connectivity index (χ1) is 16.9. The Morgan fingerprint density at radius 2 is 2.06 bits per heavy atom. The summed E-state index contributed by atoms with van der Waals surface area (Å²) in [6, 6.07) is 8.79. The van der Waals surface area contributed by atoms with Crippen molar-refractivity contribution >= 4 is 23.5 Å². The third-order valence-electron chi connectivity index (χ3n) is 9.26. The molecule has 5 rings (SSSR count). The van der Waals surface area contributed by atoms with Crippen LogP contribution in [-0.2, 0) is 14.2 Å². The zero-order chi connectivity index (χ0) is 24.6. The molecule has 0 spiro atoms. The van der Waals surface area contributed by atoms with Crippen molar-refractivity contribution in [3.8, 4) is 0 Å². The van der Waals surface area contributed by atoms with Crippen molar-refractivity contribution in [3.05, 3.63) is 58.4 Å². The van der Waals surface area contributed by atoms with Crippen LogP contribution in [0.1, 0.15) is 62.5 Å². The average molecular weight is 496 g/mol. The Labute approximate surface area is 214 Å². The third-order valence-corrected chi connectivity index (χ3v) is 9.35. The van der Waals surface area contributed by atoms with E-state index in [-0.39, 0.29) is 16.1 Å². The summed E-state index contributed by atoms with van der Waals surface area (Å²) in [6.07, 6.45) is 10.4. The Morgan fingerprint density at radius 1 is 1.26 bits per heavy atom. The molecule has 3 N–H and O–H groups in total. The summed E-state index contributed by atoms with van der Waals surface area (Å²) in [7, 11) is 3.68. The molecular formula is C28H37N3O3S. The monoisotopic (exact) mass is 495 g/mol. The topological polar surface area (TPSA) is 78.1 Å². The maximum absolute atomic E-state index is 6.35. The Balaban J connectivity index is 1.57. The molecule has 0 aromatic heterocycles. The highest BCUT2D eigenvalue weighted by atomic mass is 32.1. The summed E-state index contributed by atoms with van der Waals surface area (Å²) in [5.74, 6) is 1.54. The summed E-state index contributed by atoms with van der Waals surface area (Å²) in [5.41, 5.74) is 14.9. The molecule has 1 heterocycles. The predicted molar refractivity (Wildman–Crippen MR) is 142 cm³/mol. The second-order valence-electron chi connectivity index (χ2n) is 10.7. The van der Waals surface area contributed by atoms with Gasteiger partial charge in [-0.3, -0.25) is 5.43 Å². The summed E-state index contributed by atoms with van der Waals surface area (Å²) in [6.45, 7) is 3.90. The second kappa shape index (κ2) is 9.68. The molecule has 0 bridgehead atoms. The molecule has 7 heteroatoms. The highest BCUT2D eigenvalue weighted by Gasteiger charge is 2.63. The van der Waals surface area contributed by atoms with Crippen molar-refractivity contribution in [2.24, 2.45) is 28.1 Å². The number of benzene rings is 1. The van der Waals surface area contributed by atoms with Crippen molar-refractivity contribution in [2.45, 2.75) is 57.0 Å². The van der Waals surface area contributed by atoms with E-state index in [1.165, 1.54) is 24.0 Å². The number of hydrogen-bond donors (Lipinski definition) is 2. The molecule has 2 unspecified atom stereocenters. The molecule has 188 valence electrons. The molecule has 5 atom stereocenters. The number of methoxy groups -OCH3 is 2. The van der Waals surface area contributed by atoms with E-state index in [1.54, 1.807) is 24.5 Å². The lowest BCUT2D eigenvalue weighted by Crippen LogP contribution is -2.54. The molecule has 1 aromatic carbocycles. The van der Waals surface area contributed by atoms with E-state index in [0.717, 1.165) is 37.9 Å². The quantitative estimate of drug-likeness (QED) is 0.335. The maximum atomic E-state index is 6.35. The zero-order valence-electron chi connectivity index (χ0n) is 21.0. The maximum Gasteiger partial charge on any atom is 0.184 e. The SMILES string of the molecule is COC[C@]1(OC)CCC2C3CCC4=COCCC4=C3[C@@H](c3ccc(C=NNC(N)=S)cc3)C[C@@]21C. The van der Waals surface area contributed by atoms with Crippen LogP contribution in [0.25, 0.3) is 0 Å². The van der Waals surface area contributed by atoms with Crippen LogP contribution in [0.15, 0.2) is 52.3 Å². The number of hydrogen-bond acceptors (Lipinski definition) is 5. The van der Waals surface area contributed by atoms with E-state index in [2.05, 4.69) is 41.7 Å². The lowest BCUT2D eigenvalue weighted by molar-refractivity contribution is -0.149. The number of nitrogens with two attached hydrogens (primary N) is 1. The largest absolute Gasteiger partial charge is 0.501 e. The van der Waals surface area contributed by atoms with Gasteiger partial charge < -0.3 is 19.9 Å². The van der Waals surface area contributed by atoms with Crippen molar-refractivity contribution in [3.63, 3.8) is 0 Å². The van der Waals surface area contributed by atoms with Crippen LogP contribution < -0.4 is 11.2 Å². The highest BCUT2D eigenvalue weighted by Crippen LogP contribution is 2.67. The molecule has 6 nitrogen and oxygen atoms in total. The van der Waals surface area contributed by atoms with Crippen LogP contribution in [0.2, 0.25) is 0 Å². The molecule has 1 aromatic rings. The minimum atomic E-state index is -0.244. The van der Waals surface area contributed by atoms with Crippen molar-refractivity contribution in [1.29, 1.82) is 0 Å². The van der Waals surface area contributed by atoms with Crippen LogP contribution in [0.5, 0.6) is 0 Å². The number of fused-ring (bicyclic) bond motifs is 4. The Bertz CT molecular complexity index is 1070. The van der Waals surface area contributed by atoms with Gasteiger partial charge in [0, 0.05) is 32.0 Å². The van der Waals surface area contributed by atoms with E-state index in [1.807, 2.05) is 13.4 Å². The first kappa shape index (κ1) is 24.5. The fraction of sp³-hybridized carbons (Fsp3) is 0.571. The lowest BCUT2D eigenvalue weighted by atomic mass is 9.51. The van der Waals surface area contributed by atoms with E-state index in [0.29, 0.717) is 24.4 Å². The summed E-state index contributed by atoms with van der Waals surface area (Å²) in [4.78, 5) is 0. The number of rotatable bonds is 6. The second-order valence-corrected chi connectivity index (χ2v) is 11.1. The van der Waals surface area contributed by atoms with Gasteiger partial charge in [-0.15, -0.1) is 0 Å². The van der Waals surface area contributed by atoms with Gasteiger partial charge in [0.25, 0.3) is 0 Å². The van der Waals surface area contributed by atoms with Crippen molar-refractivity contribution in [2.75, 3.05) is 27.4 Å². The summed E-state index contributed by atoms with van der Waals surface area (Å²) in [5, 5.41) is 4.27. The molecule has 3 aliphatic carbocycles. The number of nitrogens with one attached hydrogen (secondary N) is 1. The van der Waals surface area contributed by atoms with Crippen molar-refractivity contribution < 1.29 is 14.2 Å². The molecule has 1 aliphatic heterocycles. The van der Waals surface area contributed by atoms with E-state index in [9.17, 15) is 0 Å². The molecule has 0 radical (unpaired) electrons. The molecule has 2 fully saturated rings. The number of nitrogens with zero attached hydrogens (tertiary/aromatic N) is 1. The van der Waals surface area contributed by atoms with Gasteiger partial charge in [-0.25, -0.2) is 0 Å². The van der Waals surface area contributed by atoms with E-state index < -0.39 is 0 Å². The number of hydrazone groups is 1. The predicted octanol–water partition coefficient (Wildman–Crippen LogP) is 4.80.